The van der Waals surface area contributed by atoms with E-state index in [1.807, 2.05) is 12.2 Å². The molecule has 0 aromatic carbocycles. The third-order valence-corrected chi connectivity index (χ3v) is 17.0. The zero-order chi connectivity index (χ0) is 31.5. The van der Waals surface area contributed by atoms with Gasteiger partial charge in [0.2, 0.25) is 0 Å². The number of allylic oxidation sites excluding steroid dienone is 2. The predicted octanol–water partition coefficient (Wildman–Crippen LogP) is 8.54. The van der Waals surface area contributed by atoms with Crippen molar-refractivity contribution in [3.63, 3.8) is 0 Å². The maximum atomic E-state index is 11.8. The Hall–Kier alpha value is -1.26. The molecule has 0 aliphatic heterocycles. The Morgan fingerprint density at radius 3 is 1.25 bits per heavy atom. The fourth-order valence-corrected chi connectivity index (χ4v) is 13.6. The van der Waals surface area contributed by atoms with Gasteiger partial charge < -0.3 is 10.2 Å². The monoisotopic (exact) mass is 604 g/mol. The van der Waals surface area contributed by atoms with Gasteiger partial charge in [-0.05, 0) is 173 Å². The number of ketones is 2. The van der Waals surface area contributed by atoms with E-state index in [2.05, 4.69) is 41.5 Å². The molecular formula is C40H60O4. The average molecular weight is 605 g/mol. The standard InChI is InChI=1S/2C20H30O2/c2*1-18-9-6-14(21)12-13(18)4-5-15-16(18)7-10-19(2)17(15)8-11-20(19,3)22/h2*12,15-17,22H,4-11H2,1-3H3/t2*15-,16+,17+,18+,19+,20+/m11/s1. The van der Waals surface area contributed by atoms with E-state index in [4.69, 9.17) is 0 Å². The SMILES string of the molecule is C[C@]12CCC(=O)C=C1CC[C@@H]1[C@@H]2CC[C@@]2(C)[C@H]1CC[C@]2(C)O.C[C@]12CCC(=O)C=C1CC[C@@H]1[C@@H]2CC[C@@]2(C)[C@H]1CC[C@]2(C)O. The molecule has 8 aliphatic rings. The second-order valence-corrected chi connectivity index (χ2v) is 18.5. The van der Waals surface area contributed by atoms with Crippen LogP contribution < -0.4 is 0 Å². The Labute approximate surface area is 266 Å². The molecule has 0 spiro atoms. The first-order chi connectivity index (χ1) is 20.6. The molecule has 0 amide bonds. The number of carbonyl (C=O) groups excluding carboxylic acids is 2. The highest BCUT2D eigenvalue weighted by molar-refractivity contribution is 5.92. The van der Waals surface area contributed by atoms with E-state index in [9.17, 15) is 19.8 Å². The molecule has 0 aromatic heterocycles. The predicted molar refractivity (Wildman–Crippen MR) is 175 cm³/mol. The third-order valence-electron chi connectivity index (χ3n) is 17.0. The number of hydrogen-bond donors (Lipinski definition) is 2. The van der Waals surface area contributed by atoms with Crippen molar-refractivity contribution < 1.29 is 19.8 Å². The molecule has 0 heterocycles. The summed E-state index contributed by atoms with van der Waals surface area (Å²) in [7, 11) is 0. The summed E-state index contributed by atoms with van der Waals surface area (Å²) in [6, 6.07) is 0. The van der Waals surface area contributed by atoms with E-state index in [1.165, 1.54) is 49.7 Å². The topological polar surface area (TPSA) is 74.6 Å². The highest BCUT2D eigenvalue weighted by atomic mass is 16.3. The van der Waals surface area contributed by atoms with Crippen LogP contribution in [0.2, 0.25) is 0 Å². The number of rotatable bonds is 0. The van der Waals surface area contributed by atoms with E-state index >= 15 is 0 Å². The van der Waals surface area contributed by atoms with Crippen LogP contribution in [0.1, 0.15) is 144 Å². The summed E-state index contributed by atoms with van der Waals surface area (Å²) in [6.07, 6.45) is 21.3. The molecule has 44 heavy (non-hydrogen) atoms. The lowest BCUT2D eigenvalue weighted by atomic mass is 9.46. The summed E-state index contributed by atoms with van der Waals surface area (Å²) in [5.41, 5.74) is 2.65. The van der Waals surface area contributed by atoms with Gasteiger partial charge in [0.25, 0.3) is 0 Å². The van der Waals surface area contributed by atoms with Gasteiger partial charge in [0.1, 0.15) is 0 Å². The van der Waals surface area contributed by atoms with Crippen molar-refractivity contribution in [3.8, 4) is 0 Å². The summed E-state index contributed by atoms with van der Waals surface area (Å²) in [4.78, 5) is 23.7. The van der Waals surface area contributed by atoms with E-state index in [-0.39, 0.29) is 21.7 Å². The maximum Gasteiger partial charge on any atom is 0.155 e. The first-order valence-electron chi connectivity index (χ1n) is 18.5. The number of hydrogen-bond acceptors (Lipinski definition) is 4. The fraction of sp³-hybridized carbons (Fsp3) is 0.850. The Balaban J connectivity index is 0.000000142. The van der Waals surface area contributed by atoms with Crippen molar-refractivity contribution >= 4 is 11.6 Å². The van der Waals surface area contributed by atoms with Crippen molar-refractivity contribution in [2.24, 2.45) is 57.2 Å². The number of carbonyl (C=O) groups is 2. The lowest BCUT2D eigenvalue weighted by Crippen LogP contribution is -2.53. The molecule has 6 fully saturated rings. The summed E-state index contributed by atoms with van der Waals surface area (Å²) >= 11 is 0. The molecule has 0 aromatic rings. The molecule has 0 saturated heterocycles. The van der Waals surface area contributed by atoms with Crippen molar-refractivity contribution in [2.75, 3.05) is 0 Å². The second kappa shape index (κ2) is 10.1. The van der Waals surface area contributed by atoms with Crippen LogP contribution in [0, 0.1) is 57.2 Å². The highest BCUT2D eigenvalue weighted by Gasteiger charge is 2.63. The lowest BCUT2D eigenvalue weighted by molar-refractivity contribution is -0.124. The first kappa shape index (κ1) is 31.3. The summed E-state index contributed by atoms with van der Waals surface area (Å²) < 4.78 is 0. The molecular weight excluding hydrogens is 544 g/mol. The van der Waals surface area contributed by atoms with Crippen molar-refractivity contribution in [1.82, 2.24) is 0 Å². The minimum Gasteiger partial charge on any atom is -0.390 e. The second-order valence-electron chi connectivity index (χ2n) is 18.5. The molecule has 244 valence electrons. The van der Waals surface area contributed by atoms with Crippen LogP contribution in [-0.2, 0) is 9.59 Å². The number of fused-ring (bicyclic) bond motifs is 10. The van der Waals surface area contributed by atoms with Gasteiger partial charge in [-0.25, -0.2) is 0 Å². The van der Waals surface area contributed by atoms with E-state index < -0.39 is 11.2 Å². The van der Waals surface area contributed by atoms with Gasteiger partial charge in [0, 0.05) is 12.8 Å². The van der Waals surface area contributed by atoms with Gasteiger partial charge in [-0.2, -0.15) is 0 Å². The van der Waals surface area contributed by atoms with E-state index in [0.29, 0.717) is 23.4 Å². The molecule has 8 rings (SSSR count). The Morgan fingerprint density at radius 2 is 0.864 bits per heavy atom. The molecule has 2 N–H and O–H groups in total. The Morgan fingerprint density at radius 1 is 0.500 bits per heavy atom. The Kier molecular flexibility index (Phi) is 7.21. The van der Waals surface area contributed by atoms with Gasteiger partial charge in [0.15, 0.2) is 11.6 Å². The van der Waals surface area contributed by atoms with Crippen LogP contribution in [0.4, 0.5) is 0 Å². The zero-order valence-electron chi connectivity index (χ0n) is 28.6. The van der Waals surface area contributed by atoms with Gasteiger partial charge in [-0.1, -0.05) is 38.8 Å². The Bertz CT molecular complexity index is 1190. The van der Waals surface area contributed by atoms with Crippen LogP contribution in [-0.4, -0.2) is 33.0 Å². The molecule has 0 unspecified atom stereocenters. The average Bonchev–Trinajstić information content (AvgIpc) is 3.36. The normalized spacial score (nSPS) is 54.3. The van der Waals surface area contributed by atoms with Crippen molar-refractivity contribution in [3.05, 3.63) is 23.3 Å². The summed E-state index contributed by atoms with van der Waals surface area (Å²) in [5.74, 6) is 5.01. The van der Waals surface area contributed by atoms with Crippen LogP contribution >= 0.6 is 0 Å². The van der Waals surface area contributed by atoms with Gasteiger partial charge in [0.05, 0.1) is 11.2 Å². The zero-order valence-corrected chi connectivity index (χ0v) is 28.6. The van der Waals surface area contributed by atoms with Crippen LogP contribution in [0.15, 0.2) is 23.3 Å². The van der Waals surface area contributed by atoms with Crippen LogP contribution in [0.25, 0.3) is 0 Å². The van der Waals surface area contributed by atoms with Crippen molar-refractivity contribution in [2.45, 2.75) is 155 Å². The molecule has 12 atom stereocenters. The van der Waals surface area contributed by atoms with Gasteiger partial charge >= 0.3 is 0 Å². The number of aliphatic hydroxyl groups is 2. The van der Waals surface area contributed by atoms with Crippen LogP contribution in [0.5, 0.6) is 0 Å². The molecule has 8 aliphatic carbocycles. The van der Waals surface area contributed by atoms with Crippen molar-refractivity contribution in [1.29, 1.82) is 0 Å². The molecule has 4 nitrogen and oxygen atoms in total. The minimum atomic E-state index is -0.484. The smallest absolute Gasteiger partial charge is 0.155 e. The molecule has 0 bridgehead atoms. The quantitative estimate of drug-likeness (QED) is 0.291. The minimum absolute atomic E-state index is 0.107. The van der Waals surface area contributed by atoms with E-state index in [1.54, 1.807) is 0 Å². The first-order valence-corrected chi connectivity index (χ1v) is 18.5. The van der Waals surface area contributed by atoms with Crippen LogP contribution in [0.3, 0.4) is 0 Å². The van der Waals surface area contributed by atoms with E-state index in [0.717, 1.165) is 87.9 Å². The lowest BCUT2D eigenvalue weighted by Gasteiger charge is -2.58. The maximum absolute atomic E-state index is 11.8. The largest absolute Gasteiger partial charge is 0.390 e. The molecule has 0 radical (unpaired) electrons. The van der Waals surface area contributed by atoms with Gasteiger partial charge in [-0.15, -0.1) is 0 Å². The fourth-order valence-electron chi connectivity index (χ4n) is 13.6. The molecule has 4 heteroatoms. The van der Waals surface area contributed by atoms with Gasteiger partial charge in [-0.3, -0.25) is 9.59 Å². The highest BCUT2D eigenvalue weighted by Crippen LogP contribution is 2.69. The summed E-state index contributed by atoms with van der Waals surface area (Å²) in [6.45, 7) is 13.7. The summed E-state index contributed by atoms with van der Waals surface area (Å²) in [5, 5.41) is 21.8. The molecule has 6 saturated carbocycles. The third kappa shape index (κ3) is 4.27.